The number of carbonyl (C=O) groups excluding carboxylic acids is 2. The molecular weight excluding hydrogens is 306 g/mol. The highest BCUT2D eigenvalue weighted by atomic mass is 16.6. The maximum atomic E-state index is 12.7. The standard InChI is InChI=1S/C18H33N3O3/c1-6-11-21-12-9-17(5,10-13-21)19-14(22)18(7-8-18)20-15(23)24-16(2,3)4/h6-13H2,1-5H3,(H,19,22)(H,20,23). The van der Waals surface area contributed by atoms with Gasteiger partial charge < -0.3 is 20.3 Å². The third-order valence-corrected chi connectivity index (χ3v) is 4.84. The molecule has 138 valence electrons. The van der Waals surface area contributed by atoms with Crippen LogP contribution in [0.25, 0.3) is 0 Å². The number of ether oxygens (including phenoxy) is 1. The van der Waals surface area contributed by atoms with Crippen molar-refractivity contribution in [2.24, 2.45) is 0 Å². The van der Waals surface area contributed by atoms with Crippen molar-refractivity contribution in [3.63, 3.8) is 0 Å². The molecule has 6 nitrogen and oxygen atoms in total. The molecule has 0 aromatic heterocycles. The summed E-state index contributed by atoms with van der Waals surface area (Å²) in [7, 11) is 0. The molecule has 2 N–H and O–H groups in total. The van der Waals surface area contributed by atoms with Crippen LogP contribution in [0.5, 0.6) is 0 Å². The first-order valence-corrected chi connectivity index (χ1v) is 9.14. The number of amides is 2. The molecule has 0 aromatic carbocycles. The smallest absolute Gasteiger partial charge is 0.408 e. The minimum Gasteiger partial charge on any atom is -0.444 e. The van der Waals surface area contributed by atoms with Crippen LogP contribution in [-0.4, -0.2) is 53.2 Å². The van der Waals surface area contributed by atoms with E-state index in [4.69, 9.17) is 4.74 Å². The van der Waals surface area contributed by atoms with Crippen LogP contribution in [-0.2, 0) is 9.53 Å². The summed E-state index contributed by atoms with van der Waals surface area (Å²) in [4.78, 5) is 27.1. The number of piperidine rings is 1. The number of carbonyl (C=O) groups is 2. The van der Waals surface area contributed by atoms with E-state index in [0.717, 1.165) is 38.9 Å². The third kappa shape index (κ3) is 5.10. The minimum absolute atomic E-state index is 0.0696. The second-order valence-corrected chi connectivity index (χ2v) is 8.57. The Morgan fingerprint density at radius 3 is 2.12 bits per heavy atom. The number of nitrogens with one attached hydrogen (secondary N) is 2. The van der Waals surface area contributed by atoms with Crippen LogP contribution in [0.4, 0.5) is 4.79 Å². The summed E-state index contributed by atoms with van der Waals surface area (Å²) in [5.74, 6) is -0.0696. The van der Waals surface area contributed by atoms with Gasteiger partial charge in [0, 0.05) is 18.6 Å². The maximum Gasteiger partial charge on any atom is 0.408 e. The molecule has 0 aromatic rings. The van der Waals surface area contributed by atoms with Crippen molar-refractivity contribution < 1.29 is 14.3 Å². The SMILES string of the molecule is CCCN1CCC(C)(NC(=O)C2(NC(=O)OC(C)(C)C)CC2)CC1. The number of alkyl carbamates (subject to hydrolysis) is 1. The van der Waals surface area contributed by atoms with Gasteiger partial charge in [-0.1, -0.05) is 6.92 Å². The molecule has 2 fully saturated rings. The predicted octanol–water partition coefficient (Wildman–Crippen LogP) is 2.42. The first-order chi connectivity index (χ1) is 11.1. The Bertz CT molecular complexity index is 472. The van der Waals surface area contributed by atoms with E-state index >= 15 is 0 Å². The average molecular weight is 339 g/mol. The van der Waals surface area contributed by atoms with Crippen LogP contribution >= 0.6 is 0 Å². The maximum absolute atomic E-state index is 12.7. The number of hydrogen-bond donors (Lipinski definition) is 2. The minimum atomic E-state index is -0.772. The molecule has 2 aliphatic rings. The molecule has 1 aliphatic heterocycles. The van der Waals surface area contributed by atoms with E-state index in [-0.39, 0.29) is 11.4 Å². The van der Waals surface area contributed by atoms with Gasteiger partial charge in [0.05, 0.1) is 0 Å². The lowest BCUT2D eigenvalue weighted by molar-refractivity contribution is -0.126. The fourth-order valence-corrected chi connectivity index (χ4v) is 3.14. The highest BCUT2D eigenvalue weighted by Crippen LogP contribution is 2.37. The Morgan fingerprint density at radius 1 is 1.08 bits per heavy atom. The van der Waals surface area contributed by atoms with Crippen molar-refractivity contribution in [3.05, 3.63) is 0 Å². The Morgan fingerprint density at radius 2 is 1.67 bits per heavy atom. The summed E-state index contributed by atoms with van der Waals surface area (Å²) >= 11 is 0. The number of likely N-dealkylation sites (tertiary alicyclic amines) is 1. The lowest BCUT2D eigenvalue weighted by atomic mass is 9.89. The summed E-state index contributed by atoms with van der Waals surface area (Å²) in [5.41, 5.74) is -1.52. The Balaban J connectivity index is 1.86. The molecule has 1 aliphatic carbocycles. The fraction of sp³-hybridized carbons (Fsp3) is 0.889. The summed E-state index contributed by atoms with van der Waals surface area (Å²) in [6.45, 7) is 12.9. The van der Waals surface area contributed by atoms with E-state index in [2.05, 4.69) is 29.4 Å². The lowest BCUT2D eigenvalue weighted by Gasteiger charge is -2.40. The first kappa shape index (κ1) is 19.0. The zero-order chi connectivity index (χ0) is 18.0. The fourth-order valence-electron chi connectivity index (χ4n) is 3.14. The second kappa shape index (κ2) is 6.90. The van der Waals surface area contributed by atoms with E-state index < -0.39 is 17.2 Å². The van der Waals surface area contributed by atoms with Crippen molar-refractivity contribution in [2.75, 3.05) is 19.6 Å². The molecule has 2 amide bonds. The Labute approximate surface area is 145 Å². The molecule has 1 saturated heterocycles. The summed E-state index contributed by atoms with van der Waals surface area (Å²) < 4.78 is 5.28. The molecule has 0 unspecified atom stereocenters. The Hall–Kier alpha value is -1.30. The van der Waals surface area contributed by atoms with Gasteiger partial charge in [-0.3, -0.25) is 4.79 Å². The van der Waals surface area contributed by atoms with Gasteiger partial charge in [0.25, 0.3) is 0 Å². The van der Waals surface area contributed by atoms with Gasteiger partial charge in [-0.2, -0.15) is 0 Å². The van der Waals surface area contributed by atoms with Gasteiger partial charge in [-0.05, 0) is 66.3 Å². The van der Waals surface area contributed by atoms with Crippen molar-refractivity contribution >= 4 is 12.0 Å². The van der Waals surface area contributed by atoms with E-state index in [1.165, 1.54) is 0 Å². The van der Waals surface area contributed by atoms with Crippen molar-refractivity contribution in [1.29, 1.82) is 0 Å². The molecule has 0 atom stereocenters. The topological polar surface area (TPSA) is 70.7 Å². The molecule has 1 heterocycles. The van der Waals surface area contributed by atoms with Gasteiger partial charge in [0.2, 0.25) is 5.91 Å². The molecule has 0 bridgehead atoms. The van der Waals surface area contributed by atoms with Gasteiger partial charge in [0.15, 0.2) is 0 Å². The normalized spacial score (nSPS) is 22.5. The first-order valence-electron chi connectivity index (χ1n) is 9.14. The summed E-state index contributed by atoms with van der Waals surface area (Å²) in [6.07, 6.45) is 3.89. The van der Waals surface area contributed by atoms with Crippen LogP contribution < -0.4 is 10.6 Å². The van der Waals surface area contributed by atoms with Crippen LogP contribution in [0.3, 0.4) is 0 Å². The molecule has 0 spiro atoms. The average Bonchev–Trinajstić information content (AvgIpc) is 3.20. The van der Waals surface area contributed by atoms with Crippen molar-refractivity contribution in [3.8, 4) is 0 Å². The highest BCUT2D eigenvalue weighted by Gasteiger charge is 2.53. The monoisotopic (exact) mass is 339 g/mol. The molecule has 24 heavy (non-hydrogen) atoms. The predicted molar refractivity (Wildman–Crippen MR) is 93.8 cm³/mol. The summed E-state index contributed by atoms with van der Waals surface area (Å²) in [6, 6.07) is 0. The number of rotatable bonds is 5. The molecule has 2 rings (SSSR count). The van der Waals surface area contributed by atoms with Gasteiger partial charge in [-0.25, -0.2) is 4.79 Å². The zero-order valence-electron chi connectivity index (χ0n) is 15.8. The van der Waals surface area contributed by atoms with Crippen molar-refractivity contribution in [1.82, 2.24) is 15.5 Å². The van der Waals surface area contributed by atoms with Gasteiger partial charge in [0.1, 0.15) is 11.1 Å². The quantitative estimate of drug-likeness (QED) is 0.807. The van der Waals surface area contributed by atoms with E-state index in [1.54, 1.807) is 0 Å². The zero-order valence-corrected chi connectivity index (χ0v) is 15.8. The van der Waals surface area contributed by atoms with Crippen LogP contribution in [0, 0.1) is 0 Å². The molecule has 0 radical (unpaired) electrons. The largest absolute Gasteiger partial charge is 0.444 e. The lowest BCUT2D eigenvalue weighted by Crippen LogP contribution is -2.59. The van der Waals surface area contributed by atoms with E-state index in [0.29, 0.717) is 12.8 Å². The highest BCUT2D eigenvalue weighted by molar-refractivity contribution is 5.93. The van der Waals surface area contributed by atoms with Gasteiger partial charge >= 0.3 is 6.09 Å². The molecule has 6 heteroatoms. The van der Waals surface area contributed by atoms with Crippen molar-refractivity contribution in [2.45, 2.75) is 83.4 Å². The van der Waals surface area contributed by atoms with Crippen LogP contribution in [0.1, 0.15) is 66.7 Å². The molecular formula is C18H33N3O3. The van der Waals surface area contributed by atoms with E-state index in [9.17, 15) is 9.59 Å². The second-order valence-electron chi connectivity index (χ2n) is 8.57. The Kier molecular flexibility index (Phi) is 5.47. The van der Waals surface area contributed by atoms with Gasteiger partial charge in [-0.15, -0.1) is 0 Å². The van der Waals surface area contributed by atoms with Crippen LogP contribution in [0.15, 0.2) is 0 Å². The van der Waals surface area contributed by atoms with E-state index in [1.807, 2.05) is 20.8 Å². The van der Waals surface area contributed by atoms with Crippen LogP contribution in [0.2, 0.25) is 0 Å². The number of nitrogens with zero attached hydrogens (tertiary/aromatic N) is 1. The molecule has 1 saturated carbocycles. The number of hydrogen-bond acceptors (Lipinski definition) is 4. The third-order valence-electron chi connectivity index (χ3n) is 4.84. The summed E-state index contributed by atoms with van der Waals surface area (Å²) in [5, 5.41) is 5.97.